The largest absolute Gasteiger partial charge is 0.397 e. The number of hydrogen-bond acceptors (Lipinski definition) is 3. The number of aromatic nitrogens is 1. The number of aryl methyl sites for hydroxylation is 1. The maximum Gasteiger partial charge on any atom is 0.268 e. The lowest BCUT2D eigenvalue weighted by Crippen LogP contribution is -2.50. The second-order valence-corrected chi connectivity index (χ2v) is 4.37. The van der Waals surface area contributed by atoms with Gasteiger partial charge in [-0.3, -0.25) is 4.79 Å². The third-order valence-corrected chi connectivity index (χ3v) is 3.29. The summed E-state index contributed by atoms with van der Waals surface area (Å²) < 4.78 is 1.68. The molecule has 0 fully saturated rings. The zero-order valence-corrected chi connectivity index (χ0v) is 10.7. The lowest BCUT2D eigenvalue weighted by Gasteiger charge is -2.30. The lowest BCUT2D eigenvalue weighted by molar-refractivity contribution is 0.0809. The average molecular weight is 239 g/mol. The van der Waals surface area contributed by atoms with Crippen LogP contribution in [-0.2, 0) is 7.05 Å². The van der Waals surface area contributed by atoms with Crippen molar-refractivity contribution in [1.82, 2.24) is 9.88 Å². The Morgan fingerprint density at radius 3 is 2.47 bits per heavy atom. The van der Waals surface area contributed by atoms with Crippen LogP contribution in [0.2, 0.25) is 0 Å². The summed E-state index contributed by atoms with van der Waals surface area (Å²) in [6.45, 7) is 3.82. The number of nitrogen functional groups attached to an aromatic ring is 1. The number of nitrogens with two attached hydrogens (primary N) is 1. The highest BCUT2D eigenvalue weighted by atomic mass is 16.3. The van der Waals surface area contributed by atoms with Gasteiger partial charge in [-0.05, 0) is 18.9 Å². The molecule has 4 N–H and O–H groups in total. The number of aliphatic hydroxyl groups is 1. The van der Waals surface area contributed by atoms with Crippen molar-refractivity contribution in [3.63, 3.8) is 0 Å². The fourth-order valence-corrected chi connectivity index (χ4v) is 1.81. The average Bonchev–Trinajstić information content (AvgIpc) is 2.65. The zero-order valence-electron chi connectivity index (χ0n) is 10.7. The van der Waals surface area contributed by atoms with Crippen LogP contribution in [-0.4, -0.2) is 27.7 Å². The number of nitrogens with one attached hydrogen (secondary N) is 1. The molecule has 1 rings (SSSR count). The van der Waals surface area contributed by atoms with E-state index in [2.05, 4.69) is 5.32 Å². The Kier molecular flexibility index (Phi) is 4.17. The van der Waals surface area contributed by atoms with Crippen molar-refractivity contribution in [3.05, 3.63) is 18.0 Å². The number of anilines is 1. The highest BCUT2D eigenvalue weighted by molar-refractivity contribution is 5.94. The molecule has 17 heavy (non-hydrogen) atoms. The summed E-state index contributed by atoms with van der Waals surface area (Å²) >= 11 is 0. The molecule has 1 aromatic rings. The molecular weight excluding hydrogens is 218 g/mol. The van der Waals surface area contributed by atoms with Gasteiger partial charge in [0.15, 0.2) is 0 Å². The van der Waals surface area contributed by atoms with Gasteiger partial charge in [0, 0.05) is 13.2 Å². The summed E-state index contributed by atoms with van der Waals surface area (Å²) in [7, 11) is 1.77. The first kappa shape index (κ1) is 13.6. The molecule has 1 aromatic heterocycles. The van der Waals surface area contributed by atoms with Gasteiger partial charge in [0.05, 0.1) is 17.8 Å². The van der Waals surface area contributed by atoms with E-state index in [0.29, 0.717) is 24.2 Å². The number of rotatable bonds is 5. The van der Waals surface area contributed by atoms with Crippen molar-refractivity contribution in [1.29, 1.82) is 0 Å². The summed E-state index contributed by atoms with van der Waals surface area (Å²) in [6, 6.07) is 1.63. The minimum Gasteiger partial charge on any atom is -0.397 e. The fraction of sp³-hybridized carbons (Fsp3) is 0.583. The summed E-state index contributed by atoms with van der Waals surface area (Å²) in [4.78, 5) is 12.1. The smallest absolute Gasteiger partial charge is 0.268 e. The molecule has 1 amide bonds. The molecule has 5 nitrogen and oxygen atoms in total. The number of hydrogen-bond donors (Lipinski definition) is 3. The van der Waals surface area contributed by atoms with Gasteiger partial charge >= 0.3 is 0 Å². The van der Waals surface area contributed by atoms with Gasteiger partial charge in [-0.25, -0.2) is 0 Å². The molecular formula is C12H21N3O2. The second kappa shape index (κ2) is 5.23. The van der Waals surface area contributed by atoms with Crippen LogP contribution in [0.25, 0.3) is 0 Å². The quantitative estimate of drug-likeness (QED) is 0.713. The first-order valence-electron chi connectivity index (χ1n) is 5.83. The van der Waals surface area contributed by atoms with Crippen molar-refractivity contribution in [3.8, 4) is 0 Å². The van der Waals surface area contributed by atoms with Gasteiger partial charge in [0.1, 0.15) is 5.69 Å². The Hall–Kier alpha value is -1.49. The molecule has 0 radical (unpaired) electrons. The van der Waals surface area contributed by atoms with E-state index in [-0.39, 0.29) is 12.5 Å². The van der Waals surface area contributed by atoms with E-state index in [0.717, 1.165) is 0 Å². The fourth-order valence-electron chi connectivity index (χ4n) is 1.81. The summed E-state index contributed by atoms with van der Waals surface area (Å²) in [5.74, 6) is -0.207. The number of nitrogens with zero attached hydrogens (tertiary/aromatic N) is 1. The summed E-state index contributed by atoms with van der Waals surface area (Å²) in [6.07, 6.45) is 3.06. The Morgan fingerprint density at radius 2 is 2.12 bits per heavy atom. The molecule has 0 bridgehead atoms. The summed E-state index contributed by atoms with van der Waals surface area (Å²) in [5, 5.41) is 12.3. The molecule has 96 valence electrons. The molecule has 5 heteroatoms. The second-order valence-electron chi connectivity index (χ2n) is 4.37. The van der Waals surface area contributed by atoms with Crippen LogP contribution in [0.15, 0.2) is 12.3 Å². The number of carbonyl (C=O) groups excluding carboxylic acids is 1. The monoisotopic (exact) mass is 239 g/mol. The Balaban J connectivity index is 2.88. The molecule has 0 aliphatic heterocycles. The zero-order chi connectivity index (χ0) is 13.1. The van der Waals surface area contributed by atoms with E-state index in [1.54, 1.807) is 23.9 Å². The van der Waals surface area contributed by atoms with Gasteiger partial charge in [-0.2, -0.15) is 0 Å². The van der Waals surface area contributed by atoms with Crippen LogP contribution >= 0.6 is 0 Å². The van der Waals surface area contributed by atoms with Crippen LogP contribution in [0, 0.1) is 0 Å². The van der Waals surface area contributed by atoms with E-state index in [9.17, 15) is 9.90 Å². The third kappa shape index (κ3) is 2.79. The first-order valence-corrected chi connectivity index (χ1v) is 5.83. The number of carbonyl (C=O) groups is 1. The molecule has 0 aliphatic rings. The lowest BCUT2D eigenvalue weighted by atomic mass is 9.93. The van der Waals surface area contributed by atoms with E-state index in [4.69, 9.17) is 5.73 Å². The van der Waals surface area contributed by atoms with E-state index in [1.807, 2.05) is 13.8 Å². The molecule has 1 heterocycles. The predicted octanol–water partition coefficient (Wildman–Crippen LogP) is 0.888. The Labute approximate surface area is 102 Å². The molecule has 0 unspecified atom stereocenters. The van der Waals surface area contributed by atoms with Crippen molar-refractivity contribution < 1.29 is 9.90 Å². The van der Waals surface area contributed by atoms with Crippen molar-refractivity contribution in [2.75, 3.05) is 12.3 Å². The van der Waals surface area contributed by atoms with Crippen LogP contribution in [0.3, 0.4) is 0 Å². The van der Waals surface area contributed by atoms with Gasteiger partial charge in [0.2, 0.25) is 0 Å². The molecule has 0 atom stereocenters. The van der Waals surface area contributed by atoms with E-state index >= 15 is 0 Å². The predicted molar refractivity (Wildman–Crippen MR) is 67.7 cm³/mol. The number of amides is 1. The highest BCUT2D eigenvalue weighted by Crippen LogP contribution is 2.16. The number of aliphatic hydroxyl groups excluding tert-OH is 1. The Morgan fingerprint density at radius 1 is 1.53 bits per heavy atom. The maximum atomic E-state index is 12.1. The topological polar surface area (TPSA) is 80.3 Å². The van der Waals surface area contributed by atoms with Crippen molar-refractivity contribution >= 4 is 11.6 Å². The molecule has 0 saturated carbocycles. The Bertz CT molecular complexity index is 386. The summed E-state index contributed by atoms with van der Waals surface area (Å²) in [5.41, 5.74) is 6.14. The van der Waals surface area contributed by atoms with Crippen LogP contribution in [0.5, 0.6) is 0 Å². The van der Waals surface area contributed by atoms with E-state index < -0.39 is 5.54 Å². The molecule has 0 spiro atoms. The van der Waals surface area contributed by atoms with Crippen molar-refractivity contribution in [2.24, 2.45) is 7.05 Å². The van der Waals surface area contributed by atoms with Crippen LogP contribution in [0.4, 0.5) is 5.69 Å². The highest BCUT2D eigenvalue weighted by Gasteiger charge is 2.28. The molecule has 0 aromatic carbocycles. The van der Waals surface area contributed by atoms with Crippen LogP contribution < -0.4 is 11.1 Å². The van der Waals surface area contributed by atoms with Crippen molar-refractivity contribution in [2.45, 2.75) is 32.2 Å². The molecule has 0 aliphatic carbocycles. The van der Waals surface area contributed by atoms with Gasteiger partial charge < -0.3 is 20.7 Å². The van der Waals surface area contributed by atoms with Gasteiger partial charge in [-0.15, -0.1) is 0 Å². The standard InChI is InChI=1S/C12H21N3O2/c1-4-12(5-2,8-16)14-11(17)10-6-9(13)7-15(10)3/h6-7,16H,4-5,8,13H2,1-3H3,(H,14,17). The minimum atomic E-state index is -0.546. The molecule has 0 saturated heterocycles. The van der Waals surface area contributed by atoms with Gasteiger partial charge in [0.25, 0.3) is 5.91 Å². The SMILES string of the molecule is CCC(CC)(CO)NC(=O)c1cc(N)cn1C. The van der Waals surface area contributed by atoms with E-state index in [1.165, 1.54) is 0 Å². The minimum absolute atomic E-state index is 0.0638. The first-order chi connectivity index (χ1) is 7.98. The normalized spacial score (nSPS) is 11.5. The maximum absolute atomic E-state index is 12.1. The third-order valence-electron chi connectivity index (χ3n) is 3.29. The van der Waals surface area contributed by atoms with Gasteiger partial charge in [-0.1, -0.05) is 13.8 Å². The van der Waals surface area contributed by atoms with Crippen LogP contribution in [0.1, 0.15) is 37.2 Å².